The first-order valence-electron chi connectivity index (χ1n) is 9.51. The molecule has 0 amide bonds. The SMILES string of the molecule is Cn1nc(-c2ccn(C3CCCC3)c2)c2c3c(c(=O)[nH]c21)CCCC3. The third kappa shape index (κ3) is 2.29. The fourth-order valence-corrected chi connectivity index (χ4v) is 4.75. The highest BCUT2D eigenvalue weighted by molar-refractivity contribution is 5.94. The first-order chi connectivity index (χ1) is 12.2. The molecule has 2 aliphatic rings. The van der Waals surface area contributed by atoms with E-state index in [1.165, 1.54) is 31.2 Å². The molecule has 5 nitrogen and oxygen atoms in total. The van der Waals surface area contributed by atoms with Gasteiger partial charge in [-0.3, -0.25) is 9.48 Å². The third-order valence-electron chi connectivity index (χ3n) is 6.06. The lowest BCUT2D eigenvalue weighted by molar-refractivity contribution is 0.521. The molecule has 130 valence electrons. The van der Waals surface area contributed by atoms with Crippen molar-refractivity contribution in [3.8, 4) is 11.3 Å². The van der Waals surface area contributed by atoms with Crippen molar-refractivity contribution in [2.24, 2.45) is 7.05 Å². The third-order valence-corrected chi connectivity index (χ3v) is 6.06. The average molecular weight is 336 g/mol. The van der Waals surface area contributed by atoms with E-state index in [2.05, 4.69) is 28.0 Å². The van der Waals surface area contributed by atoms with Crippen LogP contribution in [0.1, 0.15) is 55.7 Å². The minimum Gasteiger partial charge on any atom is -0.351 e. The first kappa shape index (κ1) is 15.0. The van der Waals surface area contributed by atoms with Crippen LogP contribution >= 0.6 is 0 Å². The number of aryl methyl sites for hydroxylation is 2. The zero-order valence-electron chi connectivity index (χ0n) is 14.7. The van der Waals surface area contributed by atoms with E-state index in [0.717, 1.165) is 53.5 Å². The van der Waals surface area contributed by atoms with E-state index >= 15 is 0 Å². The summed E-state index contributed by atoms with van der Waals surface area (Å²) in [5.74, 6) is 0. The molecule has 1 N–H and O–H groups in total. The molecule has 0 atom stereocenters. The van der Waals surface area contributed by atoms with E-state index in [0.29, 0.717) is 6.04 Å². The van der Waals surface area contributed by atoms with E-state index in [9.17, 15) is 4.79 Å². The monoisotopic (exact) mass is 336 g/mol. The van der Waals surface area contributed by atoms with Crippen molar-refractivity contribution < 1.29 is 0 Å². The highest BCUT2D eigenvalue weighted by Crippen LogP contribution is 2.35. The van der Waals surface area contributed by atoms with Crippen LogP contribution in [0.15, 0.2) is 23.3 Å². The zero-order chi connectivity index (χ0) is 17.0. The van der Waals surface area contributed by atoms with Gasteiger partial charge in [-0.25, -0.2) is 0 Å². The molecule has 0 unspecified atom stereocenters. The molecule has 3 aromatic rings. The lowest BCUT2D eigenvalue weighted by Gasteiger charge is -2.16. The number of fused-ring (bicyclic) bond motifs is 3. The van der Waals surface area contributed by atoms with Crippen LogP contribution in [0.5, 0.6) is 0 Å². The fourth-order valence-electron chi connectivity index (χ4n) is 4.75. The molecule has 0 radical (unpaired) electrons. The first-order valence-corrected chi connectivity index (χ1v) is 9.51. The van der Waals surface area contributed by atoms with Gasteiger partial charge in [0.15, 0.2) is 0 Å². The smallest absolute Gasteiger partial charge is 0.253 e. The largest absolute Gasteiger partial charge is 0.351 e. The van der Waals surface area contributed by atoms with E-state index in [1.54, 1.807) is 0 Å². The molecular weight excluding hydrogens is 312 g/mol. The van der Waals surface area contributed by atoms with Gasteiger partial charge in [-0.05, 0) is 50.2 Å². The number of nitrogens with zero attached hydrogens (tertiary/aromatic N) is 3. The van der Waals surface area contributed by atoms with Crippen LogP contribution in [-0.2, 0) is 19.9 Å². The van der Waals surface area contributed by atoms with Crippen LogP contribution in [0.2, 0.25) is 0 Å². The van der Waals surface area contributed by atoms with Gasteiger partial charge in [-0.15, -0.1) is 0 Å². The molecule has 5 rings (SSSR count). The normalized spacial score (nSPS) is 18.1. The zero-order valence-corrected chi connectivity index (χ0v) is 14.7. The van der Waals surface area contributed by atoms with Gasteiger partial charge in [-0.2, -0.15) is 5.10 Å². The summed E-state index contributed by atoms with van der Waals surface area (Å²) in [4.78, 5) is 15.5. The van der Waals surface area contributed by atoms with Crippen molar-refractivity contribution in [2.75, 3.05) is 0 Å². The molecule has 5 heteroatoms. The number of hydrogen-bond acceptors (Lipinski definition) is 2. The Hall–Kier alpha value is -2.30. The van der Waals surface area contributed by atoms with Gasteiger partial charge in [-0.1, -0.05) is 12.8 Å². The van der Waals surface area contributed by atoms with Gasteiger partial charge in [0, 0.05) is 42.0 Å². The average Bonchev–Trinajstić information content (AvgIpc) is 3.35. The lowest BCUT2D eigenvalue weighted by atomic mass is 9.90. The number of pyridine rings is 1. The van der Waals surface area contributed by atoms with Crippen molar-refractivity contribution in [2.45, 2.75) is 57.4 Å². The summed E-state index contributed by atoms with van der Waals surface area (Å²) in [6, 6.07) is 2.82. The van der Waals surface area contributed by atoms with Crippen LogP contribution in [0.4, 0.5) is 0 Å². The maximum atomic E-state index is 12.5. The van der Waals surface area contributed by atoms with Gasteiger partial charge in [0.1, 0.15) is 11.3 Å². The predicted molar refractivity (Wildman–Crippen MR) is 98.9 cm³/mol. The van der Waals surface area contributed by atoms with E-state index < -0.39 is 0 Å². The van der Waals surface area contributed by atoms with Gasteiger partial charge in [0.05, 0.1) is 0 Å². The quantitative estimate of drug-likeness (QED) is 0.775. The Bertz CT molecular complexity index is 1000. The highest BCUT2D eigenvalue weighted by Gasteiger charge is 2.23. The lowest BCUT2D eigenvalue weighted by Crippen LogP contribution is -2.19. The summed E-state index contributed by atoms with van der Waals surface area (Å²) in [6.45, 7) is 0. The minimum absolute atomic E-state index is 0.0697. The molecule has 0 aliphatic heterocycles. The summed E-state index contributed by atoms with van der Waals surface area (Å²) >= 11 is 0. The van der Waals surface area contributed by atoms with E-state index in [-0.39, 0.29) is 5.56 Å². The van der Waals surface area contributed by atoms with E-state index in [4.69, 9.17) is 5.10 Å². The second-order valence-electron chi connectivity index (χ2n) is 7.60. The molecule has 1 fully saturated rings. The van der Waals surface area contributed by atoms with Gasteiger partial charge >= 0.3 is 0 Å². The number of H-pyrrole nitrogens is 1. The second kappa shape index (κ2) is 5.61. The summed E-state index contributed by atoms with van der Waals surface area (Å²) in [7, 11) is 1.92. The molecule has 1 saturated carbocycles. The topological polar surface area (TPSA) is 55.6 Å². The number of nitrogens with one attached hydrogen (secondary N) is 1. The Balaban J connectivity index is 1.70. The van der Waals surface area contributed by atoms with Crippen molar-refractivity contribution in [3.05, 3.63) is 39.9 Å². The standard InChI is InChI=1S/C20H24N4O/c1-23-19-17(15-8-4-5-9-16(15)20(25)21-19)18(22-23)13-10-11-24(12-13)14-6-2-3-7-14/h10-12,14H,2-9H2,1H3,(H,21,25). The van der Waals surface area contributed by atoms with Crippen LogP contribution in [0.3, 0.4) is 0 Å². The second-order valence-corrected chi connectivity index (χ2v) is 7.60. The summed E-state index contributed by atoms with van der Waals surface area (Å²) in [5.41, 5.74) is 5.31. The molecule has 0 saturated heterocycles. The molecule has 2 aliphatic carbocycles. The summed E-state index contributed by atoms with van der Waals surface area (Å²) in [6.07, 6.45) is 13.8. The van der Waals surface area contributed by atoms with Crippen LogP contribution in [0.25, 0.3) is 22.3 Å². The van der Waals surface area contributed by atoms with Gasteiger partial charge in [0.2, 0.25) is 0 Å². The van der Waals surface area contributed by atoms with Crippen LogP contribution < -0.4 is 5.56 Å². The maximum absolute atomic E-state index is 12.5. The Kier molecular flexibility index (Phi) is 3.37. The number of hydrogen-bond donors (Lipinski definition) is 1. The van der Waals surface area contributed by atoms with E-state index in [1.807, 2.05) is 11.7 Å². The van der Waals surface area contributed by atoms with Crippen LogP contribution in [0, 0.1) is 0 Å². The Morgan fingerprint density at radius 1 is 1.12 bits per heavy atom. The van der Waals surface area contributed by atoms with Crippen molar-refractivity contribution in [1.29, 1.82) is 0 Å². The Morgan fingerprint density at radius 2 is 1.88 bits per heavy atom. The molecule has 0 spiro atoms. The summed E-state index contributed by atoms with van der Waals surface area (Å²) in [5, 5.41) is 5.94. The molecule has 0 aromatic carbocycles. The Morgan fingerprint density at radius 3 is 2.68 bits per heavy atom. The maximum Gasteiger partial charge on any atom is 0.253 e. The molecular formula is C20H24N4O. The minimum atomic E-state index is 0.0697. The number of aromatic nitrogens is 4. The van der Waals surface area contributed by atoms with Crippen molar-refractivity contribution >= 4 is 11.0 Å². The van der Waals surface area contributed by atoms with Crippen LogP contribution in [-0.4, -0.2) is 19.3 Å². The molecule has 25 heavy (non-hydrogen) atoms. The summed E-state index contributed by atoms with van der Waals surface area (Å²) < 4.78 is 4.19. The van der Waals surface area contributed by atoms with Gasteiger partial charge < -0.3 is 9.55 Å². The molecule has 3 heterocycles. The van der Waals surface area contributed by atoms with Crippen molar-refractivity contribution in [3.63, 3.8) is 0 Å². The van der Waals surface area contributed by atoms with Crippen molar-refractivity contribution in [1.82, 2.24) is 19.3 Å². The number of aromatic amines is 1. The highest BCUT2D eigenvalue weighted by atomic mass is 16.1. The molecule has 0 bridgehead atoms. The number of rotatable bonds is 2. The predicted octanol–water partition coefficient (Wildman–Crippen LogP) is 3.72. The molecule has 3 aromatic heterocycles. The fraction of sp³-hybridized carbons (Fsp3) is 0.500. The Labute approximate surface area is 146 Å². The van der Waals surface area contributed by atoms with Gasteiger partial charge in [0.25, 0.3) is 5.56 Å².